The van der Waals surface area contributed by atoms with Gasteiger partial charge in [-0.1, -0.05) is 20.8 Å². The summed E-state index contributed by atoms with van der Waals surface area (Å²) in [7, 11) is 0. The fraction of sp³-hybridized carbons (Fsp3) is 0.900. The Morgan fingerprint density at radius 1 is 1.38 bits per heavy atom. The Labute approximate surface area is 79.5 Å². The van der Waals surface area contributed by atoms with Gasteiger partial charge in [0.2, 0.25) is 0 Å². The van der Waals surface area contributed by atoms with Crippen LogP contribution in [0, 0.1) is 17.3 Å². The third kappa shape index (κ3) is 2.69. The van der Waals surface area contributed by atoms with Crippen molar-refractivity contribution in [3.05, 3.63) is 0 Å². The van der Waals surface area contributed by atoms with Crippen LogP contribution in [0.15, 0.2) is 0 Å². The summed E-state index contributed by atoms with van der Waals surface area (Å²) in [5, 5.41) is 12.1. The predicted octanol–water partition coefficient (Wildman–Crippen LogP) is 1.34. The minimum Gasteiger partial charge on any atom is -0.481 e. The van der Waals surface area contributed by atoms with Gasteiger partial charge in [-0.25, -0.2) is 0 Å². The van der Waals surface area contributed by atoms with E-state index in [9.17, 15) is 4.79 Å². The second-order valence-corrected chi connectivity index (χ2v) is 4.99. The number of hydrogen-bond acceptors (Lipinski definition) is 2. The van der Waals surface area contributed by atoms with E-state index >= 15 is 0 Å². The number of carbonyl (C=O) groups is 1. The van der Waals surface area contributed by atoms with Crippen molar-refractivity contribution in [2.24, 2.45) is 17.3 Å². The zero-order valence-corrected chi connectivity index (χ0v) is 8.63. The summed E-state index contributed by atoms with van der Waals surface area (Å²) in [6, 6.07) is 0. The zero-order valence-electron chi connectivity index (χ0n) is 8.63. The molecule has 1 rings (SSSR count). The average molecular weight is 185 g/mol. The molecule has 0 spiro atoms. The van der Waals surface area contributed by atoms with Crippen LogP contribution >= 0.6 is 0 Å². The lowest BCUT2D eigenvalue weighted by atomic mass is 9.74. The van der Waals surface area contributed by atoms with Gasteiger partial charge in [0.05, 0.1) is 5.92 Å². The summed E-state index contributed by atoms with van der Waals surface area (Å²) in [5.41, 5.74) is 0.209. The molecule has 0 aromatic carbocycles. The van der Waals surface area contributed by atoms with E-state index in [0.29, 0.717) is 12.5 Å². The van der Waals surface area contributed by atoms with E-state index in [1.165, 1.54) is 0 Å². The van der Waals surface area contributed by atoms with Crippen LogP contribution in [0.25, 0.3) is 0 Å². The largest absolute Gasteiger partial charge is 0.481 e. The fourth-order valence-electron chi connectivity index (χ4n) is 1.79. The lowest BCUT2D eigenvalue weighted by Crippen LogP contribution is -2.44. The molecule has 0 amide bonds. The first-order valence-electron chi connectivity index (χ1n) is 4.85. The Hall–Kier alpha value is -0.570. The predicted molar refractivity (Wildman–Crippen MR) is 51.6 cm³/mol. The van der Waals surface area contributed by atoms with Gasteiger partial charge in [0, 0.05) is 6.54 Å². The Morgan fingerprint density at radius 2 is 2.00 bits per heavy atom. The molecule has 1 fully saturated rings. The summed E-state index contributed by atoms with van der Waals surface area (Å²) < 4.78 is 0. The molecule has 2 atom stereocenters. The number of carboxylic acid groups (broad SMARTS) is 1. The molecule has 3 heteroatoms. The average Bonchev–Trinajstić information content (AvgIpc) is 2.03. The van der Waals surface area contributed by atoms with Gasteiger partial charge >= 0.3 is 5.97 Å². The molecule has 1 saturated heterocycles. The summed E-state index contributed by atoms with van der Waals surface area (Å²) in [6.07, 6.45) is 0.811. The Morgan fingerprint density at radius 3 is 2.46 bits per heavy atom. The maximum Gasteiger partial charge on any atom is 0.307 e. The topological polar surface area (TPSA) is 49.3 Å². The summed E-state index contributed by atoms with van der Waals surface area (Å²) >= 11 is 0. The van der Waals surface area contributed by atoms with Crippen LogP contribution in [0.2, 0.25) is 0 Å². The van der Waals surface area contributed by atoms with Gasteiger partial charge in [-0.05, 0) is 24.3 Å². The van der Waals surface area contributed by atoms with Crippen LogP contribution in [0.1, 0.15) is 27.2 Å². The first-order chi connectivity index (χ1) is 5.91. The molecule has 1 heterocycles. The van der Waals surface area contributed by atoms with Crippen LogP contribution in [-0.2, 0) is 4.79 Å². The van der Waals surface area contributed by atoms with Gasteiger partial charge in [0.1, 0.15) is 0 Å². The summed E-state index contributed by atoms with van der Waals surface area (Å²) in [4.78, 5) is 10.8. The standard InChI is InChI=1S/C10H19NO2/c1-10(2,3)8-4-7(9(12)13)5-11-6-8/h7-8,11H,4-6H2,1-3H3,(H,12,13). The van der Waals surface area contributed by atoms with Gasteiger partial charge in [-0.15, -0.1) is 0 Å². The maximum absolute atomic E-state index is 10.8. The van der Waals surface area contributed by atoms with E-state index in [1.807, 2.05) is 0 Å². The molecular weight excluding hydrogens is 166 g/mol. The van der Waals surface area contributed by atoms with Crippen molar-refractivity contribution >= 4 is 5.97 Å². The van der Waals surface area contributed by atoms with Crippen LogP contribution in [-0.4, -0.2) is 24.2 Å². The van der Waals surface area contributed by atoms with E-state index in [1.54, 1.807) is 0 Å². The molecule has 0 radical (unpaired) electrons. The third-order valence-electron chi connectivity index (χ3n) is 2.92. The smallest absolute Gasteiger partial charge is 0.307 e. The molecular formula is C10H19NO2. The molecule has 0 aromatic rings. The monoisotopic (exact) mass is 185 g/mol. The van der Waals surface area contributed by atoms with Crippen molar-refractivity contribution in [2.45, 2.75) is 27.2 Å². The van der Waals surface area contributed by atoms with E-state index in [0.717, 1.165) is 13.0 Å². The van der Waals surface area contributed by atoms with E-state index in [4.69, 9.17) is 5.11 Å². The first kappa shape index (κ1) is 10.5. The molecule has 2 N–H and O–H groups in total. The van der Waals surface area contributed by atoms with Gasteiger partial charge in [-0.3, -0.25) is 4.79 Å². The first-order valence-corrected chi connectivity index (χ1v) is 4.85. The second kappa shape index (κ2) is 3.66. The Bertz CT molecular complexity index is 196. The fourth-order valence-corrected chi connectivity index (χ4v) is 1.79. The molecule has 2 unspecified atom stereocenters. The minimum absolute atomic E-state index is 0.196. The number of piperidine rings is 1. The molecule has 3 nitrogen and oxygen atoms in total. The summed E-state index contributed by atoms with van der Waals surface area (Å²) in [5.74, 6) is -0.387. The summed E-state index contributed by atoms with van der Waals surface area (Å²) in [6.45, 7) is 8.09. The lowest BCUT2D eigenvalue weighted by Gasteiger charge is -2.36. The number of hydrogen-bond donors (Lipinski definition) is 2. The highest BCUT2D eigenvalue weighted by Crippen LogP contribution is 2.32. The minimum atomic E-state index is -0.665. The van der Waals surface area contributed by atoms with Crippen molar-refractivity contribution in [2.75, 3.05) is 13.1 Å². The maximum atomic E-state index is 10.8. The van der Waals surface area contributed by atoms with Crippen molar-refractivity contribution in [3.8, 4) is 0 Å². The molecule has 0 bridgehead atoms. The molecule has 0 aliphatic carbocycles. The number of rotatable bonds is 1. The highest BCUT2D eigenvalue weighted by Gasteiger charge is 2.33. The zero-order chi connectivity index (χ0) is 10.1. The highest BCUT2D eigenvalue weighted by atomic mass is 16.4. The molecule has 0 aromatic heterocycles. The van der Waals surface area contributed by atoms with Crippen molar-refractivity contribution in [1.29, 1.82) is 0 Å². The Kier molecular flexibility index (Phi) is 2.96. The highest BCUT2D eigenvalue weighted by molar-refractivity contribution is 5.70. The second-order valence-electron chi connectivity index (χ2n) is 4.99. The van der Waals surface area contributed by atoms with E-state index < -0.39 is 5.97 Å². The molecule has 76 valence electrons. The quantitative estimate of drug-likeness (QED) is 0.648. The van der Waals surface area contributed by atoms with Crippen LogP contribution in [0.5, 0.6) is 0 Å². The van der Waals surface area contributed by atoms with Crippen molar-refractivity contribution in [3.63, 3.8) is 0 Å². The number of nitrogens with one attached hydrogen (secondary N) is 1. The van der Waals surface area contributed by atoms with Gasteiger partial charge < -0.3 is 10.4 Å². The lowest BCUT2D eigenvalue weighted by molar-refractivity contribution is -0.143. The van der Waals surface area contributed by atoms with Crippen molar-refractivity contribution in [1.82, 2.24) is 5.32 Å². The van der Waals surface area contributed by atoms with Crippen LogP contribution in [0.4, 0.5) is 0 Å². The molecule has 13 heavy (non-hydrogen) atoms. The number of carboxylic acids is 1. The SMILES string of the molecule is CC(C)(C)C1CNCC(C(=O)O)C1. The molecule has 1 aliphatic rings. The van der Waals surface area contributed by atoms with Gasteiger partial charge in [0.25, 0.3) is 0 Å². The van der Waals surface area contributed by atoms with E-state index in [2.05, 4.69) is 26.1 Å². The molecule has 0 saturated carbocycles. The van der Waals surface area contributed by atoms with Crippen molar-refractivity contribution < 1.29 is 9.90 Å². The van der Waals surface area contributed by atoms with Gasteiger partial charge in [-0.2, -0.15) is 0 Å². The Balaban J connectivity index is 2.57. The number of aliphatic carboxylic acids is 1. The normalized spacial score (nSPS) is 30.1. The van der Waals surface area contributed by atoms with Gasteiger partial charge in [0.15, 0.2) is 0 Å². The van der Waals surface area contributed by atoms with Crippen LogP contribution in [0.3, 0.4) is 0 Å². The van der Waals surface area contributed by atoms with Crippen LogP contribution < -0.4 is 5.32 Å². The molecule has 1 aliphatic heterocycles. The van der Waals surface area contributed by atoms with E-state index in [-0.39, 0.29) is 11.3 Å². The third-order valence-corrected chi connectivity index (χ3v) is 2.92.